The van der Waals surface area contributed by atoms with Crippen molar-refractivity contribution in [3.63, 3.8) is 0 Å². The second kappa shape index (κ2) is 7.85. The van der Waals surface area contributed by atoms with Crippen molar-refractivity contribution in [2.24, 2.45) is 0 Å². The molecule has 2 aromatic heterocycles. The highest BCUT2D eigenvalue weighted by Gasteiger charge is 2.26. The minimum absolute atomic E-state index is 0.139. The molecule has 0 spiro atoms. The van der Waals surface area contributed by atoms with Crippen molar-refractivity contribution < 1.29 is 4.79 Å². The number of carbonyl (C=O) groups is 1. The maximum atomic E-state index is 12.6. The molecule has 0 bridgehead atoms. The smallest absolute Gasteiger partial charge is 0.235 e. The monoisotopic (exact) mass is 362 g/mol. The Morgan fingerprint density at radius 2 is 1.96 bits per heavy atom. The molecular formula is C17H19ClN4OS. The van der Waals surface area contributed by atoms with Gasteiger partial charge in [-0.1, -0.05) is 29.4 Å². The van der Waals surface area contributed by atoms with Gasteiger partial charge in [0.25, 0.3) is 0 Å². The maximum Gasteiger partial charge on any atom is 0.235 e. The zero-order chi connectivity index (χ0) is 16.9. The molecule has 0 radical (unpaired) electrons. The molecule has 3 rings (SSSR count). The van der Waals surface area contributed by atoms with Gasteiger partial charge in [0.15, 0.2) is 0 Å². The van der Waals surface area contributed by atoms with Gasteiger partial charge in [-0.05, 0) is 31.2 Å². The van der Waals surface area contributed by atoms with E-state index in [-0.39, 0.29) is 11.2 Å². The third kappa shape index (κ3) is 4.19. The van der Waals surface area contributed by atoms with Crippen LogP contribution in [0.2, 0.25) is 5.02 Å². The van der Waals surface area contributed by atoms with Gasteiger partial charge in [0.05, 0.1) is 15.3 Å². The number of piperazine rings is 1. The summed E-state index contributed by atoms with van der Waals surface area (Å²) >= 11 is 7.38. The summed E-state index contributed by atoms with van der Waals surface area (Å²) in [5.41, 5.74) is 0. The third-order valence-electron chi connectivity index (χ3n) is 3.91. The van der Waals surface area contributed by atoms with E-state index < -0.39 is 0 Å². The number of carbonyl (C=O) groups excluding carboxylic acids is 1. The largest absolute Gasteiger partial charge is 0.353 e. The van der Waals surface area contributed by atoms with E-state index in [2.05, 4.69) is 14.9 Å². The second-order valence-corrected chi connectivity index (χ2v) is 7.37. The number of amides is 1. The van der Waals surface area contributed by atoms with Gasteiger partial charge in [0.2, 0.25) is 5.91 Å². The van der Waals surface area contributed by atoms with E-state index in [1.54, 1.807) is 12.4 Å². The number of nitrogens with zero attached hydrogens (tertiary/aromatic N) is 4. The predicted octanol–water partition coefficient (Wildman–Crippen LogP) is 2.96. The maximum absolute atomic E-state index is 12.6. The fourth-order valence-corrected chi connectivity index (χ4v) is 3.62. The van der Waals surface area contributed by atoms with Gasteiger partial charge in [-0.3, -0.25) is 4.79 Å². The lowest BCUT2D eigenvalue weighted by molar-refractivity contribution is -0.130. The van der Waals surface area contributed by atoms with Crippen molar-refractivity contribution in [3.05, 3.63) is 47.7 Å². The Kier molecular flexibility index (Phi) is 5.58. The van der Waals surface area contributed by atoms with Crippen molar-refractivity contribution >= 4 is 35.1 Å². The number of rotatable bonds is 4. The lowest BCUT2D eigenvalue weighted by atomic mass is 10.2. The second-order valence-electron chi connectivity index (χ2n) is 5.58. The minimum Gasteiger partial charge on any atom is -0.353 e. The summed E-state index contributed by atoms with van der Waals surface area (Å²) in [7, 11) is 0. The molecule has 1 saturated heterocycles. The van der Waals surface area contributed by atoms with Gasteiger partial charge in [-0.15, -0.1) is 0 Å². The van der Waals surface area contributed by atoms with Gasteiger partial charge >= 0.3 is 0 Å². The number of thioether (sulfide) groups is 1. The molecule has 2 aromatic rings. The minimum atomic E-state index is -0.139. The number of pyridine rings is 2. The fraction of sp³-hybridized carbons (Fsp3) is 0.353. The lowest BCUT2D eigenvalue weighted by Gasteiger charge is -2.36. The normalized spacial score (nSPS) is 16.1. The van der Waals surface area contributed by atoms with E-state index in [4.69, 9.17) is 11.6 Å². The molecule has 1 aliphatic heterocycles. The zero-order valence-corrected chi connectivity index (χ0v) is 15.0. The quantitative estimate of drug-likeness (QED) is 0.782. The van der Waals surface area contributed by atoms with Crippen LogP contribution in [0.5, 0.6) is 0 Å². The summed E-state index contributed by atoms with van der Waals surface area (Å²) in [5, 5.41) is 1.37. The first kappa shape index (κ1) is 17.0. The van der Waals surface area contributed by atoms with E-state index in [1.165, 1.54) is 11.8 Å². The molecule has 3 heterocycles. The van der Waals surface area contributed by atoms with Gasteiger partial charge in [0.1, 0.15) is 5.82 Å². The fourth-order valence-electron chi connectivity index (χ4n) is 2.62. The first-order valence-corrected chi connectivity index (χ1v) is 9.12. The molecule has 1 aliphatic rings. The topological polar surface area (TPSA) is 49.3 Å². The predicted molar refractivity (Wildman–Crippen MR) is 97.6 cm³/mol. The van der Waals surface area contributed by atoms with Crippen molar-refractivity contribution in [1.82, 2.24) is 14.9 Å². The first-order valence-electron chi connectivity index (χ1n) is 7.86. The Balaban J connectivity index is 1.54. The van der Waals surface area contributed by atoms with Crippen LogP contribution >= 0.6 is 23.4 Å². The number of aromatic nitrogens is 2. The summed E-state index contributed by atoms with van der Waals surface area (Å²) in [6.45, 7) is 4.91. The van der Waals surface area contributed by atoms with E-state index in [0.717, 1.165) is 23.9 Å². The standard InChI is InChI=1S/C17H19ClN4OS/c1-13(24-16-4-2-3-7-19-16)17(23)22-10-8-21(9-11-22)15-6-5-14(18)12-20-15/h2-7,12-13H,8-11H2,1H3. The average molecular weight is 363 g/mol. The highest BCUT2D eigenvalue weighted by molar-refractivity contribution is 8.00. The van der Waals surface area contributed by atoms with Gasteiger partial charge in [0, 0.05) is 38.6 Å². The zero-order valence-electron chi connectivity index (χ0n) is 13.4. The number of anilines is 1. The summed E-state index contributed by atoms with van der Waals surface area (Å²) in [4.78, 5) is 25.3. The van der Waals surface area contributed by atoms with Crippen LogP contribution < -0.4 is 4.90 Å². The van der Waals surface area contributed by atoms with E-state index >= 15 is 0 Å². The highest BCUT2D eigenvalue weighted by Crippen LogP contribution is 2.23. The van der Waals surface area contributed by atoms with Gasteiger partial charge in [-0.2, -0.15) is 0 Å². The molecule has 1 unspecified atom stereocenters. The molecular weight excluding hydrogens is 344 g/mol. The van der Waals surface area contributed by atoms with Crippen LogP contribution in [0.25, 0.3) is 0 Å². The molecule has 1 amide bonds. The molecule has 126 valence electrons. The highest BCUT2D eigenvalue weighted by atomic mass is 35.5. The Morgan fingerprint density at radius 1 is 1.17 bits per heavy atom. The van der Waals surface area contributed by atoms with Crippen molar-refractivity contribution in [1.29, 1.82) is 0 Å². The molecule has 1 fully saturated rings. The molecule has 0 aliphatic carbocycles. The number of halogens is 1. The van der Waals surface area contributed by atoms with Crippen LogP contribution in [-0.2, 0) is 4.79 Å². The number of hydrogen-bond donors (Lipinski definition) is 0. The Labute approximate surface area is 151 Å². The van der Waals surface area contributed by atoms with Crippen molar-refractivity contribution in [2.45, 2.75) is 17.2 Å². The lowest BCUT2D eigenvalue weighted by Crippen LogP contribution is -2.50. The Bertz CT molecular complexity index is 675. The van der Waals surface area contributed by atoms with E-state index in [1.807, 2.05) is 42.2 Å². The Morgan fingerprint density at radius 3 is 2.58 bits per heavy atom. The van der Waals surface area contributed by atoms with Crippen molar-refractivity contribution in [2.75, 3.05) is 31.1 Å². The average Bonchev–Trinajstić information content (AvgIpc) is 2.63. The van der Waals surface area contributed by atoms with Gasteiger partial charge < -0.3 is 9.80 Å². The van der Waals surface area contributed by atoms with E-state index in [9.17, 15) is 4.79 Å². The molecule has 0 aromatic carbocycles. The molecule has 0 saturated carbocycles. The summed E-state index contributed by atoms with van der Waals surface area (Å²) in [5.74, 6) is 1.07. The van der Waals surface area contributed by atoms with Crippen LogP contribution in [-0.4, -0.2) is 52.2 Å². The first-order chi connectivity index (χ1) is 11.6. The number of hydrogen-bond acceptors (Lipinski definition) is 5. The summed E-state index contributed by atoms with van der Waals surface area (Å²) < 4.78 is 0. The van der Waals surface area contributed by atoms with Gasteiger partial charge in [-0.25, -0.2) is 9.97 Å². The summed E-state index contributed by atoms with van der Waals surface area (Å²) in [6.07, 6.45) is 3.40. The van der Waals surface area contributed by atoms with Crippen molar-refractivity contribution in [3.8, 4) is 0 Å². The van der Waals surface area contributed by atoms with Crippen LogP contribution in [0.4, 0.5) is 5.82 Å². The van der Waals surface area contributed by atoms with Crippen LogP contribution in [0.1, 0.15) is 6.92 Å². The third-order valence-corrected chi connectivity index (χ3v) is 5.17. The Hall–Kier alpha value is -1.79. The molecule has 1 atom stereocenters. The van der Waals surface area contributed by atoms with Crippen LogP contribution in [0.3, 0.4) is 0 Å². The summed E-state index contributed by atoms with van der Waals surface area (Å²) in [6, 6.07) is 9.50. The molecule has 7 heteroatoms. The molecule has 0 N–H and O–H groups in total. The van der Waals surface area contributed by atoms with Crippen LogP contribution in [0.15, 0.2) is 47.8 Å². The molecule has 5 nitrogen and oxygen atoms in total. The molecule has 24 heavy (non-hydrogen) atoms. The van der Waals surface area contributed by atoms with E-state index in [0.29, 0.717) is 18.1 Å². The SMILES string of the molecule is CC(Sc1ccccn1)C(=O)N1CCN(c2ccc(Cl)cn2)CC1. The van der Waals surface area contributed by atoms with Crippen LogP contribution in [0, 0.1) is 0 Å².